The Labute approximate surface area is 124 Å². The highest BCUT2D eigenvalue weighted by molar-refractivity contribution is 6.74. The van der Waals surface area contributed by atoms with Gasteiger partial charge in [0.15, 0.2) is 8.32 Å². The third kappa shape index (κ3) is 3.62. The summed E-state index contributed by atoms with van der Waals surface area (Å²) in [6.07, 6.45) is 0.129. The molecule has 0 amide bonds. The van der Waals surface area contributed by atoms with Crippen LogP contribution in [-0.4, -0.2) is 38.2 Å². The first-order chi connectivity index (χ1) is 9.01. The molecule has 0 aliphatic carbocycles. The molecule has 118 valence electrons. The highest BCUT2D eigenvalue weighted by Gasteiger charge is 2.47. The van der Waals surface area contributed by atoms with Crippen LogP contribution in [0.4, 0.5) is 0 Å². The number of carbonyl (C=O) groups is 1. The van der Waals surface area contributed by atoms with Crippen LogP contribution in [0.3, 0.4) is 0 Å². The van der Waals surface area contributed by atoms with Gasteiger partial charge in [0, 0.05) is 18.9 Å². The maximum absolute atomic E-state index is 12.0. The van der Waals surface area contributed by atoms with Gasteiger partial charge in [-0.15, -0.1) is 0 Å². The molecule has 1 saturated heterocycles. The number of hydrogen-bond donors (Lipinski definition) is 1. The van der Waals surface area contributed by atoms with Crippen LogP contribution in [0.25, 0.3) is 0 Å². The Balaban J connectivity index is 2.92. The van der Waals surface area contributed by atoms with Gasteiger partial charge in [-0.2, -0.15) is 0 Å². The summed E-state index contributed by atoms with van der Waals surface area (Å²) in [5, 5.41) is 9.22. The number of aliphatic hydroxyl groups is 1. The van der Waals surface area contributed by atoms with Crippen molar-refractivity contribution < 1.29 is 19.1 Å². The van der Waals surface area contributed by atoms with E-state index < -0.39 is 8.32 Å². The summed E-state index contributed by atoms with van der Waals surface area (Å²) >= 11 is 0. The van der Waals surface area contributed by atoms with Crippen molar-refractivity contribution in [2.24, 2.45) is 11.8 Å². The maximum Gasteiger partial charge on any atom is 0.311 e. The molecule has 0 radical (unpaired) electrons. The van der Waals surface area contributed by atoms with Gasteiger partial charge in [0.2, 0.25) is 0 Å². The summed E-state index contributed by atoms with van der Waals surface area (Å²) in [7, 11) is -1.93. The van der Waals surface area contributed by atoms with Gasteiger partial charge in [-0.25, -0.2) is 0 Å². The second kappa shape index (κ2) is 6.16. The molecule has 1 fully saturated rings. The highest BCUT2D eigenvalue weighted by atomic mass is 28.4. The molecule has 0 saturated carbocycles. The van der Waals surface area contributed by atoms with Crippen molar-refractivity contribution in [3.8, 4) is 0 Å². The van der Waals surface area contributed by atoms with Crippen molar-refractivity contribution >= 4 is 14.3 Å². The number of hydrogen-bond acceptors (Lipinski definition) is 4. The molecule has 0 bridgehead atoms. The predicted octanol–water partition coefficient (Wildman–Crippen LogP) is 2.96. The van der Waals surface area contributed by atoms with Crippen LogP contribution in [0.15, 0.2) is 0 Å². The zero-order chi connectivity index (χ0) is 15.7. The first kappa shape index (κ1) is 17.7. The first-order valence-electron chi connectivity index (χ1n) is 7.50. The maximum atomic E-state index is 12.0. The van der Waals surface area contributed by atoms with Crippen LogP contribution >= 0.6 is 0 Å². The van der Waals surface area contributed by atoms with E-state index in [0.717, 1.165) is 0 Å². The predicted molar refractivity (Wildman–Crippen MR) is 82.0 cm³/mol. The first-order valence-corrected chi connectivity index (χ1v) is 10.4. The minimum absolute atomic E-state index is 0.0312. The molecule has 0 aromatic heterocycles. The van der Waals surface area contributed by atoms with Gasteiger partial charge < -0.3 is 14.3 Å². The molecule has 0 aromatic carbocycles. The Morgan fingerprint density at radius 1 is 1.30 bits per heavy atom. The quantitative estimate of drug-likeness (QED) is 0.641. The fourth-order valence-corrected chi connectivity index (χ4v) is 3.79. The van der Waals surface area contributed by atoms with Gasteiger partial charge in [-0.1, -0.05) is 27.7 Å². The molecular formula is C15H30O4Si. The average Bonchev–Trinajstić information content (AvgIpc) is 2.30. The van der Waals surface area contributed by atoms with E-state index >= 15 is 0 Å². The summed E-state index contributed by atoms with van der Waals surface area (Å²) in [5.41, 5.74) is 0. The van der Waals surface area contributed by atoms with Crippen LogP contribution in [0.1, 0.15) is 41.0 Å². The van der Waals surface area contributed by atoms with Gasteiger partial charge in [0.1, 0.15) is 6.10 Å². The van der Waals surface area contributed by atoms with Crippen molar-refractivity contribution in [1.82, 2.24) is 0 Å². The van der Waals surface area contributed by atoms with Gasteiger partial charge >= 0.3 is 5.97 Å². The fraction of sp³-hybridized carbons (Fsp3) is 0.933. The lowest BCUT2D eigenvalue weighted by Gasteiger charge is -2.46. The number of cyclic esters (lactones) is 1. The third-order valence-electron chi connectivity index (χ3n) is 4.89. The Bertz CT molecular complexity index is 348. The Morgan fingerprint density at radius 2 is 1.85 bits per heavy atom. The molecule has 1 N–H and O–H groups in total. The topological polar surface area (TPSA) is 55.8 Å². The lowest BCUT2D eigenvalue weighted by molar-refractivity contribution is -0.177. The third-order valence-corrected chi connectivity index (χ3v) is 9.36. The van der Waals surface area contributed by atoms with Crippen molar-refractivity contribution in [1.29, 1.82) is 0 Å². The normalized spacial score (nSPS) is 32.1. The van der Waals surface area contributed by atoms with E-state index in [1.165, 1.54) is 0 Å². The zero-order valence-corrected chi connectivity index (χ0v) is 14.9. The molecule has 0 aromatic rings. The molecule has 0 spiro atoms. The monoisotopic (exact) mass is 302 g/mol. The van der Waals surface area contributed by atoms with Crippen LogP contribution in [0.2, 0.25) is 18.1 Å². The minimum Gasteiger partial charge on any atom is -0.462 e. The van der Waals surface area contributed by atoms with Gasteiger partial charge in [-0.3, -0.25) is 4.79 Å². The Morgan fingerprint density at radius 3 is 2.30 bits per heavy atom. The molecule has 1 aliphatic heterocycles. The Hall–Kier alpha value is -0.393. The van der Waals surface area contributed by atoms with Crippen LogP contribution in [0.5, 0.6) is 0 Å². The zero-order valence-electron chi connectivity index (χ0n) is 13.9. The van der Waals surface area contributed by atoms with E-state index in [-0.39, 0.29) is 41.7 Å². The van der Waals surface area contributed by atoms with E-state index in [2.05, 4.69) is 40.8 Å². The van der Waals surface area contributed by atoms with Gasteiger partial charge in [0.25, 0.3) is 0 Å². The van der Waals surface area contributed by atoms with Crippen LogP contribution in [-0.2, 0) is 14.0 Å². The second-order valence-electron chi connectivity index (χ2n) is 7.48. The summed E-state index contributed by atoms with van der Waals surface area (Å²) in [4.78, 5) is 12.0. The molecular weight excluding hydrogens is 272 g/mol. The molecule has 4 nitrogen and oxygen atoms in total. The van der Waals surface area contributed by atoms with Crippen molar-refractivity contribution in [2.75, 3.05) is 6.61 Å². The van der Waals surface area contributed by atoms with E-state index in [0.29, 0.717) is 6.42 Å². The lowest BCUT2D eigenvalue weighted by Crippen LogP contribution is -2.54. The molecule has 1 heterocycles. The van der Waals surface area contributed by atoms with E-state index in [1.54, 1.807) is 0 Å². The number of ether oxygens (including phenoxy) is 1. The van der Waals surface area contributed by atoms with Gasteiger partial charge in [-0.05, 0) is 25.1 Å². The Kier molecular flexibility index (Phi) is 5.44. The van der Waals surface area contributed by atoms with Crippen molar-refractivity contribution in [3.63, 3.8) is 0 Å². The molecule has 1 rings (SSSR count). The number of rotatable bonds is 4. The average molecular weight is 302 g/mol. The van der Waals surface area contributed by atoms with Crippen molar-refractivity contribution in [2.45, 2.75) is 71.4 Å². The summed E-state index contributed by atoms with van der Waals surface area (Å²) < 4.78 is 11.9. The lowest BCUT2D eigenvalue weighted by atomic mass is 9.85. The molecule has 20 heavy (non-hydrogen) atoms. The standard InChI is InChI=1S/C15H30O4Si/c1-10-12(8-9-16)18-14(17)11(2)13(10)19-20(6,7)15(3,4)5/h10-13,16H,8-9H2,1-7H3/t10-,11+,12+,13+/m1/s1. The summed E-state index contributed by atoms with van der Waals surface area (Å²) in [6, 6.07) is 0. The van der Waals surface area contributed by atoms with Crippen LogP contribution < -0.4 is 0 Å². The summed E-state index contributed by atoms with van der Waals surface area (Å²) in [5.74, 6) is -0.330. The number of aliphatic hydroxyl groups excluding tert-OH is 1. The van der Waals surface area contributed by atoms with E-state index in [9.17, 15) is 4.79 Å². The highest BCUT2D eigenvalue weighted by Crippen LogP contribution is 2.41. The van der Waals surface area contributed by atoms with E-state index in [4.69, 9.17) is 14.3 Å². The number of carbonyl (C=O) groups excluding carboxylic acids is 1. The molecule has 4 atom stereocenters. The second-order valence-corrected chi connectivity index (χ2v) is 12.2. The fourth-order valence-electron chi connectivity index (χ4n) is 2.34. The van der Waals surface area contributed by atoms with Crippen LogP contribution in [0, 0.1) is 11.8 Å². The largest absolute Gasteiger partial charge is 0.462 e. The SMILES string of the molecule is C[C@H]1[C@H](O[Si](C)(C)C(C)(C)C)[C@H](C)C(=O)O[C@H]1CCO. The smallest absolute Gasteiger partial charge is 0.311 e. The van der Waals surface area contributed by atoms with E-state index in [1.807, 2.05) is 6.92 Å². The number of esters is 1. The molecule has 5 heteroatoms. The summed E-state index contributed by atoms with van der Waals surface area (Å²) in [6.45, 7) is 15.0. The van der Waals surface area contributed by atoms with Crippen molar-refractivity contribution in [3.05, 3.63) is 0 Å². The minimum atomic E-state index is -1.93. The molecule has 1 aliphatic rings. The molecule has 0 unspecified atom stereocenters. The van der Waals surface area contributed by atoms with Gasteiger partial charge in [0.05, 0.1) is 12.0 Å².